The van der Waals surface area contributed by atoms with Crippen LogP contribution in [0.25, 0.3) is 0 Å². The van der Waals surface area contributed by atoms with Gasteiger partial charge in [-0.3, -0.25) is 9.59 Å². The van der Waals surface area contributed by atoms with Crippen LogP contribution in [0.3, 0.4) is 0 Å². The average Bonchev–Trinajstić information content (AvgIpc) is 2.67. The third-order valence-electron chi connectivity index (χ3n) is 5.48. The Morgan fingerprint density at radius 1 is 0.600 bits per heavy atom. The van der Waals surface area contributed by atoms with E-state index in [9.17, 15) is 9.59 Å². The third-order valence-corrected chi connectivity index (χ3v) is 5.48. The maximum Gasteiger partial charge on any atom is 0.306 e. The lowest BCUT2D eigenvalue weighted by molar-refractivity contribution is -0.146. The van der Waals surface area contributed by atoms with Crippen molar-refractivity contribution in [2.45, 2.75) is 119 Å². The Morgan fingerprint density at radius 2 is 1.03 bits per heavy atom. The third kappa shape index (κ3) is 18.9. The second kappa shape index (κ2) is 18.7. The number of unbranched alkanes of at least 4 members (excludes halogenated alkanes) is 8. The van der Waals surface area contributed by atoms with Crippen molar-refractivity contribution < 1.29 is 19.1 Å². The normalized spacial score (nSPS) is 12.6. The molecule has 0 heterocycles. The molecule has 0 aromatic heterocycles. The van der Waals surface area contributed by atoms with E-state index >= 15 is 0 Å². The van der Waals surface area contributed by atoms with Crippen molar-refractivity contribution in [1.82, 2.24) is 0 Å². The fourth-order valence-corrected chi connectivity index (χ4v) is 3.45. The van der Waals surface area contributed by atoms with Crippen LogP contribution in [0.4, 0.5) is 0 Å². The van der Waals surface area contributed by atoms with Gasteiger partial charge in [0, 0.05) is 12.8 Å². The highest BCUT2D eigenvalue weighted by atomic mass is 16.5. The summed E-state index contributed by atoms with van der Waals surface area (Å²) < 4.78 is 10.5. The Kier molecular flexibility index (Phi) is 18.0. The molecule has 0 saturated carbocycles. The van der Waals surface area contributed by atoms with Crippen LogP contribution < -0.4 is 0 Å². The first kappa shape index (κ1) is 28.9. The summed E-state index contributed by atoms with van der Waals surface area (Å²) in [5, 5.41) is 0. The zero-order valence-electron chi connectivity index (χ0n) is 20.8. The molecule has 0 aliphatic rings. The molecule has 1 atom stereocenters. The molecule has 0 saturated heterocycles. The summed E-state index contributed by atoms with van der Waals surface area (Å²) in [4.78, 5) is 23.5. The Bertz CT molecular complexity index is 429. The lowest BCUT2D eigenvalue weighted by Gasteiger charge is -2.20. The van der Waals surface area contributed by atoms with E-state index in [4.69, 9.17) is 9.47 Å². The van der Waals surface area contributed by atoms with E-state index in [0.717, 1.165) is 19.3 Å². The molecule has 4 heteroatoms. The fourth-order valence-electron chi connectivity index (χ4n) is 3.45. The summed E-state index contributed by atoms with van der Waals surface area (Å²) in [7, 11) is 0. The van der Waals surface area contributed by atoms with E-state index in [1.54, 1.807) is 0 Å². The highest BCUT2D eigenvalue weighted by Gasteiger charge is 2.18. The molecule has 0 aliphatic heterocycles. The van der Waals surface area contributed by atoms with Gasteiger partial charge in [0.25, 0.3) is 0 Å². The lowest BCUT2D eigenvalue weighted by atomic mass is 9.87. The summed E-state index contributed by atoms with van der Waals surface area (Å²) in [5.41, 5.74) is 0. The van der Waals surface area contributed by atoms with Gasteiger partial charge in [-0.1, -0.05) is 92.9 Å². The van der Waals surface area contributed by atoms with Gasteiger partial charge in [-0.05, 0) is 36.5 Å². The molecule has 0 aliphatic carbocycles. The van der Waals surface area contributed by atoms with Crippen molar-refractivity contribution >= 4 is 11.9 Å². The molecule has 0 aromatic rings. The van der Waals surface area contributed by atoms with Crippen LogP contribution >= 0.6 is 0 Å². The van der Waals surface area contributed by atoms with E-state index in [2.05, 4.69) is 41.5 Å². The SMILES string of the molecule is CC(C)COC(=O)CCCCCCCCCCCC(CC(=O)OCC(C)C)C(C)C. The zero-order valence-corrected chi connectivity index (χ0v) is 20.8. The molecule has 0 amide bonds. The quantitative estimate of drug-likeness (QED) is 0.160. The Hall–Kier alpha value is -1.06. The number of carbonyl (C=O) groups excluding carboxylic acids is 2. The monoisotopic (exact) mass is 426 g/mol. The fraction of sp³-hybridized carbons (Fsp3) is 0.923. The van der Waals surface area contributed by atoms with Crippen LogP contribution in [-0.2, 0) is 19.1 Å². The molecular formula is C26H50O4. The molecule has 0 N–H and O–H groups in total. The van der Waals surface area contributed by atoms with E-state index in [1.165, 1.54) is 44.9 Å². The van der Waals surface area contributed by atoms with Gasteiger partial charge in [-0.2, -0.15) is 0 Å². The topological polar surface area (TPSA) is 52.6 Å². The summed E-state index contributed by atoms with van der Waals surface area (Å²) in [5.74, 6) is 1.71. The van der Waals surface area contributed by atoms with E-state index < -0.39 is 0 Å². The number of carbonyl (C=O) groups is 2. The molecule has 0 fully saturated rings. The first-order valence-electron chi connectivity index (χ1n) is 12.5. The lowest BCUT2D eigenvalue weighted by Crippen LogP contribution is -2.18. The van der Waals surface area contributed by atoms with Gasteiger partial charge >= 0.3 is 11.9 Å². The van der Waals surface area contributed by atoms with Gasteiger partial charge in [0.2, 0.25) is 0 Å². The van der Waals surface area contributed by atoms with Crippen LogP contribution in [-0.4, -0.2) is 25.2 Å². The highest BCUT2D eigenvalue weighted by Crippen LogP contribution is 2.23. The van der Waals surface area contributed by atoms with E-state index in [0.29, 0.717) is 49.7 Å². The van der Waals surface area contributed by atoms with Gasteiger partial charge in [0.15, 0.2) is 0 Å². The molecule has 1 unspecified atom stereocenters. The molecule has 0 rings (SSSR count). The highest BCUT2D eigenvalue weighted by molar-refractivity contribution is 5.69. The van der Waals surface area contributed by atoms with Crippen molar-refractivity contribution in [3.8, 4) is 0 Å². The molecule has 0 radical (unpaired) electrons. The van der Waals surface area contributed by atoms with Crippen molar-refractivity contribution in [1.29, 1.82) is 0 Å². The van der Waals surface area contributed by atoms with E-state index in [1.807, 2.05) is 0 Å². The Morgan fingerprint density at radius 3 is 1.50 bits per heavy atom. The minimum absolute atomic E-state index is 0.0319. The van der Waals surface area contributed by atoms with Gasteiger partial charge in [0.05, 0.1) is 13.2 Å². The molecule has 178 valence electrons. The number of hydrogen-bond acceptors (Lipinski definition) is 4. The predicted octanol–water partition coefficient (Wildman–Crippen LogP) is 7.34. The summed E-state index contributed by atoms with van der Waals surface area (Å²) in [6.07, 6.45) is 13.1. The van der Waals surface area contributed by atoms with Crippen LogP contribution in [0.5, 0.6) is 0 Å². The average molecular weight is 427 g/mol. The van der Waals surface area contributed by atoms with Gasteiger partial charge < -0.3 is 9.47 Å². The molecule has 30 heavy (non-hydrogen) atoms. The first-order valence-corrected chi connectivity index (χ1v) is 12.5. The second-order valence-corrected chi connectivity index (χ2v) is 10.1. The minimum atomic E-state index is -0.0448. The van der Waals surface area contributed by atoms with Crippen molar-refractivity contribution in [2.24, 2.45) is 23.7 Å². The summed E-state index contributed by atoms with van der Waals surface area (Å²) in [6.45, 7) is 13.7. The number of rotatable bonds is 19. The van der Waals surface area contributed by atoms with Crippen LogP contribution in [0.1, 0.15) is 119 Å². The van der Waals surface area contributed by atoms with Crippen LogP contribution in [0.15, 0.2) is 0 Å². The number of esters is 2. The van der Waals surface area contributed by atoms with Crippen molar-refractivity contribution in [3.63, 3.8) is 0 Å². The minimum Gasteiger partial charge on any atom is -0.465 e. The first-order chi connectivity index (χ1) is 14.2. The second-order valence-electron chi connectivity index (χ2n) is 10.1. The van der Waals surface area contributed by atoms with Crippen molar-refractivity contribution in [2.75, 3.05) is 13.2 Å². The van der Waals surface area contributed by atoms with Crippen LogP contribution in [0, 0.1) is 23.7 Å². The summed E-state index contributed by atoms with van der Waals surface area (Å²) in [6, 6.07) is 0. The van der Waals surface area contributed by atoms with Gasteiger partial charge in [-0.25, -0.2) is 0 Å². The van der Waals surface area contributed by atoms with Crippen LogP contribution in [0.2, 0.25) is 0 Å². The Balaban J connectivity index is 3.59. The largest absolute Gasteiger partial charge is 0.465 e. The zero-order chi connectivity index (χ0) is 22.8. The summed E-state index contributed by atoms with van der Waals surface area (Å²) >= 11 is 0. The molecular weight excluding hydrogens is 376 g/mol. The molecule has 0 spiro atoms. The van der Waals surface area contributed by atoms with Gasteiger partial charge in [-0.15, -0.1) is 0 Å². The number of ether oxygens (including phenoxy) is 2. The van der Waals surface area contributed by atoms with E-state index in [-0.39, 0.29) is 11.9 Å². The predicted molar refractivity (Wildman–Crippen MR) is 125 cm³/mol. The Labute approximate surface area is 186 Å². The number of hydrogen-bond donors (Lipinski definition) is 0. The maximum absolute atomic E-state index is 12.0. The van der Waals surface area contributed by atoms with Gasteiger partial charge in [0.1, 0.15) is 0 Å². The molecule has 0 bridgehead atoms. The molecule has 4 nitrogen and oxygen atoms in total. The smallest absolute Gasteiger partial charge is 0.306 e. The molecule has 0 aromatic carbocycles. The standard InChI is InChI=1S/C26H50O4/c1-21(2)19-29-25(27)17-15-13-11-9-7-8-10-12-14-16-24(23(5)6)18-26(28)30-20-22(3)4/h21-24H,7-20H2,1-6H3. The van der Waals surface area contributed by atoms with Crippen molar-refractivity contribution in [3.05, 3.63) is 0 Å². The maximum atomic E-state index is 12.0.